The molecule has 4 rings (SSSR count). The van der Waals surface area contributed by atoms with Gasteiger partial charge in [-0.1, -0.05) is 29.8 Å². The first-order valence-electron chi connectivity index (χ1n) is 11.2. The van der Waals surface area contributed by atoms with Crippen LogP contribution in [0.25, 0.3) is 0 Å². The molecule has 0 amide bonds. The van der Waals surface area contributed by atoms with Crippen LogP contribution in [0.4, 0.5) is 5.95 Å². The van der Waals surface area contributed by atoms with Crippen molar-refractivity contribution in [3.05, 3.63) is 74.6 Å². The summed E-state index contributed by atoms with van der Waals surface area (Å²) < 4.78 is 19.9. The van der Waals surface area contributed by atoms with Crippen molar-refractivity contribution < 1.29 is 19.0 Å². The molecule has 8 nitrogen and oxygen atoms in total. The smallest absolute Gasteiger partial charge is 0.338 e. The van der Waals surface area contributed by atoms with Crippen molar-refractivity contribution in [3.8, 4) is 11.5 Å². The number of carbonyl (C=O) groups is 1. The molecule has 3 aromatic rings. The maximum Gasteiger partial charge on any atom is 0.338 e. The molecule has 1 aliphatic heterocycles. The van der Waals surface area contributed by atoms with Crippen LogP contribution in [-0.4, -0.2) is 33.4 Å². The average Bonchev–Trinajstić information content (AvgIpc) is 3.26. The minimum Gasteiger partial charge on any atom is -0.490 e. The van der Waals surface area contributed by atoms with Crippen molar-refractivity contribution in [1.29, 1.82) is 0 Å². The Morgan fingerprint density at radius 2 is 2.03 bits per heavy atom. The standard InChI is InChI=1S/C25H26BrClN4O4/c1-5-33-20-11-17(10-18(26)23(20)34-12-16-8-6-7-9-19(16)27)22-21(24(32)35-14(2)3)15(4)30-25-28-13-29-31(22)25/h6-11,13-14,22H,5,12H2,1-4H3,(H,28,29,30). The van der Waals surface area contributed by atoms with Crippen LogP contribution < -0.4 is 14.8 Å². The quantitative estimate of drug-likeness (QED) is 0.342. The summed E-state index contributed by atoms with van der Waals surface area (Å²) in [6.45, 7) is 8.04. The molecule has 1 unspecified atom stereocenters. The van der Waals surface area contributed by atoms with E-state index in [2.05, 4.69) is 31.3 Å². The van der Waals surface area contributed by atoms with Gasteiger partial charge in [0.15, 0.2) is 11.5 Å². The summed E-state index contributed by atoms with van der Waals surface area (Å²) in [4.78, 5) is 17.4. The molecule has 35 heavy (non-hydrogen) atoms. The SMILES string of the molecule is CCOc1cc(C2C(C(=O)OC(C)C)=C(C)Nc3ncnn32)cc(Br)c1OCc1ccccc1Cl. The number of anilines is 1. The number of hydrogen-bond acceptors (Lipinski definition) is 7. The average molecular weight is 562 g/mol. The third kappa shape index (κ3) is 5.31. The van der Waals surface area contributed by atoms with Crippen LogP contribution in [0.2, 0.25) is 5.02 Å². The van der Waals surface area contributed by atoms with Gasteiger partial charge < -0.3 is 19.5 Å². The largest absolute Gasteiger partial charge is 0.490 e. The summed E-state index contributed by atoms with van der Waals surface area (Å²) in [5, 5.41) is 8.14. The molecule has 0 bridgehead atoms. The Labute approximate surface area is 217 Å². The van der Waals surface area contributed by atoms with Gasteiger partial charge in [0, 0.05) is 16.3 Å². The lowest BCUT2D eigenvalue weighted by molar-refractivity contribution is -0.143. The lowest BCUT2D eigenvalue weighted by Crippen LogP contribution is -2.30. The molecule has 1 aromatic heterocycles. The zero-order valence-electron chi connectivity index (χ0n) is 19.8. The number of ether oxygens (including phenoxy) is 3. The van der Waals surface area contributed by atoms with E-state index in [0.29, 0.717) is 44.8 Å². The summed E-state index contributed by atoms with van der Waals surface area (Å²) in [7, 11) is 0. The summed E-state index contributed by atoms with van der Waals surface area (Å²) in [6.07, 6.45) is 1.17. The zero-order valence-corrected chi connectivity index (χ0v) is 22.2. The Kier molecular flexibility index (Phi) is 7.66. The predicted molar refractivity (Wildman–Crippen MR) is 137 cm³/mol. The number of carbonyl (C=O) groups excluding carboxylic acids is 1. The van der Waals surface area contributed by atoms with Crippen LogP contribution in [-0.2, 0) is 16.1 Å². The number of aromatic nitrogens is 3. The molecule has 0 fully saturated rings. The summed E-state index contributed by atoms with van der Waals surface area (Å²) in [5.41, 5.74) is 2.70. The summed E-state index contributed by atoms with van der Waals surface area (Å²) in [5.74, 6) is 1.17. The van der Waals surface area contributed by atoms with Crippen molar-refractivity contribution in [2.45, 2.75) is 46.4 Å². The van der Waals surface area contributed by atoms with E-state index in [1.54, 1.807) is 4.68 Å². The Hall–Kier alpha value is -3.04. The second-order valence-corrected chi connectivity index (χ2v) is 9.45. The number of nitrogens with one attached hydrogen (secondary N) is 1. The van der Waals surface area contributed by atoms with Crippen molar-refractivity contribution in [1.82, 2.24) is 14.8 Å². The Bertz CT molecular complexity index is 1270. The minimum atomic E-state index is -0.576. The van der Waals surface area contributed by atoms with Crippen LogP contribution in [0.3, 0.4) is 0 Å². The summed E-state index contributed by atoms with van der Waals surface area (Å²) >= 11 is 9.94. The van der Waals surface area contributed by atoms with Gasteiger partial charge in [-0.15, -0.1) is 0 Å². The number of allylic oxidation sites excluding steroid dienone is 1. The number of halogens is 2. The molecule has 0 aliphatic carbocycles. The number of hydrogen-bond donors (Lipinski definition) is 1. The van der Waals surface area contributed by atoms with Crippen LogP contribution in [0.15, 0.2) is 58.5 Å². The maximum atomic E-state index is 13.1. The third-order valence-electron chi connectivity index (χ3n) is 5.33. The van der Waals surface area contributed by atoms with Crippen LogP contribution in [0.1, 0.15) is 44.9 Å². The molecular weight excluding hydrogens is 536 g/mol. The number of nitrogens with zero attached hydrogens (tertiary/aromatic N) is 3. The van der Waals surface area contributed by atoms with Gasteiger partial charge in [0.2, 0.25) is 5.95 Å². The Morgan fingerprint density at radius 1 is 1.26 bits per heavy atom. The van der Waals surface area contributed by atoms with E-state index in [1.807, 2.05) is 64.1 Å². The Balaban J connectivity index is 1.76. The highest BCUT2D eigenvalue weighted by atomic mass is 79.9. The van der Waals surface area contributed by atoms with E-state index in [9.17, 15) is 4.79 Å². The van der Waals surface area contributed by atoms with E-state index in [1.165, 1.54) is 6.33 Å². The van der Waals surface area contributed by atoms with Gasteiger partial charge in [-0.05, 0) is 67.4 Å². The van der Waals surface area contributed by atoms with Gasteiger partial charge in [0.1, 0.15) is 19.0 Å². The maximum absolute atomic E-state index is 13.1. The molecule has 1 atom stereocenters. The third-order valence-corrected chi connectivity index (χ3v) is 6.29. The molecule has 10 heteroatoms. The van der Waals surface area contributed by atoms with Crippen molar-refractivity contribution in [2.75, 3.05) is 11.9 Å². The molecule has 184 valence electrons. The lowest BCUT2D eigenvalue weighted by Gasteiger charge is -2.29. The van der Waals surface area contributed by atoms with Crippen LogP contribution in [0.5, 0.6) is 11.5 Å². The zero-order chi connectivity index (χ0) is 25.1. The first-order chi connectivity index (χ1) is 16.8. The first-order valence-corrected chi connectivity index (χ1v) is 12.4. The van der Waals surface area contributed by atoms with Crippen LogP contribution in [0, 0.1) is 0 Å². The molecule has 2 aromatic carbocycles. The minimum absolute atomic E-state index is 0.267. The fourth-order valence-electron chi connectivity index (χ4n) is 3.86. The first kappa shape index (κ1) is 25.1. The molecule has 0 radical (unpaired) electrons. The summed E-state index contributed by atoms with van der Waals surface area (Å²) in [6, 6.07) is 10.7. The molecule has 0 saturated heterocycles. The molecule has 1 N–H and O–H groups in total. The van der Waals surface area contributed by atoms with Gasteiger partial charge >= 0.3 is 5.97 Å². The van der Waals surface area contributed by atoms with Gasteiger partial charge in [0.05, 0.1) is 22.8 Å². The van der Waals surface area contributed by atoms with E-state index < -0.39 is 12.0 Å². The van der Waals surface area contributed by atoms with Crippen molar-refractivity contribution >= 4 is 39.4 Å². The molecule has 0 saturated carbocycles. The van der Waals surface area contributed by atoms with Gasteiger partial charge in [0.25, 0.3) is 0 Å². The van der Waals surface area contributed by atoms with E-state index >= 15 is 0 Å². The second kappa shape index (κ2) is 10.7. The fourth-order valence-corrected chi connectivity index (χ4v) is 4.62. The molecular formula is C25H26BrClN4O4. The highest BCUT2D eigenvalue weighted by Gasteiger charge is 2.35. The number of rotatable bonds is 8. The Morgan fingerprint density at radius 3 is 2.74 bits per heavy atom. The number of benzene rings is 2. The topological polar surface area (TPSA) is 87.5 Å². The number of fused-ring (bicyclic) bond motifs is 1. The number of esters is 1. The van der Waals surface area contributed by atoms with Crippen LogP contribution >= 0.6 is 27.5 Å². The van der Waals surface area contributed by atoms with Crippen molar-refractivity contribution in [2.24, 2.45) is 0 Å². The predicted octanol–water partition coefficient (Wildman–Crippen LogP) is 5.91. The van der Waals surface area contributed by atoms with E-state index in [-0.39, 0.29) is 12.7 Å². The second-order valence-electron chi connectivity index (χ2n) is 8.19. The van der Waals surface area contributed by atoms with Gasteiger partial charge in [-0.3, -0.25) is 0 Å². The molecule has 0 spiro atoms. The fraction of sp³-hybridized carbons (Fsp3) is 0.320. The van der Waals surface area contributed by atoms with Gasteiger partial charge in [-0.2, -0.15) is 10.1 Å². The highest BCUT2D eigenvalue weighted by Crippen LogP contribution is 2.43. The van der Waals surface area contributed by atoms with E-state index in [0.717, 1.165) is 11.1 Å². The van der Waals surface area contributed by atoms with E-state index in [4.69, 9.17) is 25.8 Å². The monoisotopic (exact) mass is 560 g/mol. The van der Waals surface area contributed by atoms with Gasteiger partial charge in [-0.25, -0.2) is 9.48 Å². The normalized spacial score (nSPS) is 15.0. The highest BCUT2D eigenvalue weighted by molar-refractivity contribution is 9.10. The molecule has 1 aliphatic rings. The lowest BCUT2D eigenvalue weighted by atomic mass is 9.95. The molecule has 2 heterocycles. The van der Waals surface area contributed by atoms with Crippen molar-refractivity contribution in [3.63, 3.8) is 0 Å².